The van der Waals surface area contributed by atoms with E-state index in [0.717, 1.165) is 30.4 Å². The van der Waals surface area contributed by atoms with Crippen LogP contribution >= 0.6 is 0 Å². The van der Waals surface area contributed by atoms with Crippen molar-refractivity contribution in [2.75, 3.05) is 6.61 Å². The van der Waals surface area contributed by atoms with Gasteiger partial charge < -0.3 is 96.2 Å². The first-order valence-corrected chi connectivity index (χ1v) is 32.1. The molecule has 4 N–H and O–H groups in total. The first-order valence-electron chi connectivity index (χ1n) is 32.1. The first-order chi connectivity index (χ1) is 39.8. The van der Waals surface area contributed by atoms with Gasteiger partial charge in [0.1, 0.15) is 24.4 Å². The van der Waals surface area contributed by atoms with Gasteiger partial charge in [-0.3, -0.25) is 4.79 Å². The Kier molecular flexibility index (Phi) is 12.9. The van der Waals surface area contributed by atoms with Gasteiger partial charge in [-0.05, 0) is 73.8 Å². The van der Waals surface area contributed by atoms with E-state index in [1.165, 1.54) is 0 Å². The zero-order chi connectivity index (χ0) is 56.6. The molecular formula is C62H86O21. The average Bonchev–Trinajstić information content (AvgIpc) is 1.40. The number of rotatable bonds is 2. The Hall–Kier alpha value is -1.81. The van der Waals surface area contributed by atoms with Gasteiger partial charge in [-0.2, -0.15) is 0 Å². The van der Waals surface area contributed by atoms with E-state index in [-0.39, 0.29) is 129 Å². The normalized spacial score (nSPS) is 61.2. The largest absolute Gasteiger partial charge is 0.459 e. The Morgan fingerprint density at radius 1 is 0.566 bits per heavy atom. The maximum Gasteiger partial charge on any atom is 0.308 e. The molecule has 18 unspecified atom stereocenters. The van der Waals surface area contributed by atoms with E-state index in [1.54, 1.807) is 0 Å². The van der Waals surface area contributed by atoms with Crippen LogP contribution in [-0.4, -0.2) is 208 Å². The van der Waals surface area contributed by atoms with E-state index in [1.807, 2.05) is 0 Å². The van der Waals surface area contributed by atoms with Crippen molar-refractivity contribution >= 4 is 5.97 Å². The molecule has 0 aromatic heterocycles. The lowest BCUT2D eigenvalue weighted by Crippen LogP contribution is -3.00. The summed E-state index contributed by atoms with van der Waals surface area (Å²) in [5.41, 5.74) is 2.02. The molecule has 21 heteroatoms. The number of carbonyl (C=O) groups excluding carboxylic acids is 1. The van der Waals surface area contributed by atoms with Crippen molar-refractivity contribution in [2.45, 2.75) is 312 Å². The van der Waals surface area contributed by atoms with Gasteiger partial charge in [0, 0.05) is 63.7 Å². The number of esters is 1. The summed E-state index contributed by atoms with van der Waals surface area (Å²) in [6.45, 7) is 17.4. The molecule has 17 saturated heterocycles. The van der Waals surface area contributed by atoms with E-state index in [2.05, 4.69) is 40.9 Å². The number of hydrogen-bond acceptors (Lipinski definition) is 21. The van der Waals surface area contributed by atoms with Crippen LogP contribution in [0.5, 0.6) is 0 Å². The summed E-state index contributed by atoms with van der Waals surface area (Å²) >= 11 is 0. The van der Waals surface area contributed by atoms with E-state index in [0.29, 0.717) is 77.0 Å². The highest BCUT2D eigenvalue weighted by molar-refractivity contribution is 5.70. The van der Waals surface area contributed by atoms with Crippen molar-refractivity contribution < 1.29 is 101 Å². The molecule has 0 amide bonds. The Balaban J connectivity index is 0.610. The zero-order valence-corrected chi connectivity index (χ0v) is 48.2. The van der Waals surface area contributed by atoms with Crippen LogP contribution in [0.1, 0.15) is 137 Å². The zero-order valence-electron chi connectivity index (χ0n) is 48.2. The lowest BCUT2D eigenvalue weighted by Gasteiger charge is -2.83. The van der Waals surface area contributed by atoms with Crippen molar-refractivity contribution in [3.63, 3.8) is 0 Å². The quantitative estimate of drug-likeness (QED) is 0.227. The number of fused-ring (bicyclic) bond motifs is 11. The minimum Gasteiger partial charge on any atom is -0.459 e. The minimum absolute atomic E-state index is 0.00718. The number of carbonyl (C=O) groups is 1. The van der Waals surface area contributed by atoms with Crippen molar-refractivity contribution in [2.24, 2.45) is 35.5 Å². The van der Waals surface area contributed by atoms with Crippen molar-refractivity contribution in [1.29, 1.82) is 0 Å². The Morgan fingerprint density at radius 2 is 1.27 bits per heavy atom. The SMILES string of the molecule is C=C1CC2CC[C@@]34O[C@@H]5C6[C@@H](O[C@H]7CCC(CC(=O)O[C@H]8C(CC9OC(CCC1O2)C[C@@H](C)C9=C)O[C@H]1C[C@H]2O[C@]9(CC%10O[C@]%11(C[C@H](C)C%12OC%13CC([C@@H](O)CO)OC%13CC%12O%11)C[C@H](C)C%10O9)C[C@H]2O[C@H]1[C@@H]8C)O[C@@H]75)C1C(O)(OC61O3)C4O. The van der Waals surface area contributed by atoms with Gasteiger partial charge in [0.15, 0.2) is 23.5 Å². The molecule has 35 atom stereocenters. The molecule has 4 spiro atoms. The monoisotopic (exact) mass is 1170 g/mol. The molecule has 10 bridgehead atoms. The molecule has 21 nitrogen and oxygen atoms in total. The van der Waals surface area contributed by atoms with Crippen LogP contribution in [0.2, 0.25) is 0 Å². The third-order valence-corrected chi connectivity index (χ3v) is 23.9. The van der Waals surface area contributed by atoms with Crippen LogP contribution in [0.25, 0.3) is 0 Å². The lowest BCUT2D eigenvalue weighted by molar-refractivity contribution is -0.689. The molecule has 460 valence electrons. The van der Waals surface area contributed by atoms with E-state index in [9.17, 15) is 25.2 Å². The summed E-state index contributed by atoms with van der Waals surface area (Å²) in [6.07, 6.45) is -0.669. The van der Waals surface area contributed by atoms with Crippen LogP contribution < -0.4 is 0 Å². The van der Waals surface area contributed by atoms with Gasteiger partial charge in [-0.15, -0.1) is 0 Å². The summed E-state index contributed by atoms with van der Waals surface area (Å²) in [5, 5.41) is 43.9. The molecule has 18 rings (SSSR count). The lowest BCUT2D eigenvalue weighted by atomic mass is 9.49. The number of hydrogen-bond donors (Lipinski definition) is 4. The topological polar surface area (TPSA) is 246 Å². The third kappa shape index (κ3) is 8.29. The molecule has 17 heterocycles. The second-order valence-electron chi connectivity index (χ2n) is 29.2. The van der Waals surface area contributed by atoms with Gasteiger partial charge in [0.05, 0.1) is 141 Å². The smallest absolute Gasteiger partial charge is 0.308 e. The standard InChI is InChI=1S/C62H86O21/c1-25-13-31-7-9-35-26(2)14-33(68-35)11-12-60-57(66)61(67)56-55-48(62(56,82-60)83-61)54(81-60)53-36(73-55)10-8-32(70-53)15-47(65)76-52-30(6)51-43(72-42(52)16-37(69-31)29(25)5)19-41-45(75-51)22-59(77-41)23-46-50(80-59)28(4)21-58(79-46)20-27(3)49-44(78-58)18-39-40(74-49)17-38(71-39)34(64)24-63/h25,27-28,30-46,48-57,63-64,66-67H,2,5,7-24H2,1,3-4,6H3/t25-,27+,28+,30+,31?,32?,33?,34+,35?,36+,37?,38?,39?,40?,41-,42?,43+,44?,45-,46?,48?,49?,50?,51+,52-,53+,54-,55-,56?,57?,58-,59-,60-,61?,62?/m1/s1. The summed E-state index contributed by atoms with van der Waals surface area (Å²) in [6, 6.07) is 0. The van der Waals surface area contributed by atoms with Crippen molar-refractivity contribution in [3.05, 3.63) is 24.3 Å². The molecule has 1 saturated carbocycles. The van der Waals surface area contributed by atoms with Crippen LogP contribution in [0, 0.1) is 35.5 Å². The summed E-state index contributed by atoms with van der Waals surface area (Å²) in [4.78, 5) is 14.7. The average molecular weight is 1170 g/mol. The van der Waals surface area contributed by atoms with Gasteiger partial charge >= 0.3 is 5.97 Å². The fourth-order valence-corrected chi connectivity index (χ4v) is 20.0. The van der Waals surface area contributed by atoms with Gasteiger partial charge in [-0.25, -0.2) is 0 Å². The molecule has 83 heavy (non-hydrogen) atoms. The van der Waals surface area contributed by atoms with Crippen molar-refractivity contribution in [1.82, 2.24) is 0 Å². The molecule has 0 aromatic carbocycles. The molecule has 18 fully saturated rings. The van der Waals surface area contributed by atoms with Crippen molar-refractivity contribution in [3.8, 4) is 0 Å². The van der Waals surface area contributed by atoms with E-state index >= 15 is 0 Å². The molecule has 0 aromatic rings. The van der Waals surface area contributed by atoms with Gasteiger partial charge in [0.2, 0.25) is 11.6 Å². The Morgan fingerprint density at radius 3 is 2.11 bits per heavy atom. The molecule has 1 aliphatic carbocycles. The highest BCUT2D eigenvalue weighted by Gasteiger charge is 2.94. The maximum absolute atomic E-state index is 14.7. The fourth-order valence-electron chi connectivity index (χ4n) is 20.0. The minimum atomic E-state index is -1.87. The van der Waals surface area contributed by atoms with Gasteiger partial charge in [-0.1, -0.05) is 40.9 Å². The number of ether oxygens (including phenoxy) is 16. The van der Waals surface area contributed by atoms with Crippen LogP contribution in [0.4, 0.5) is 0 Å². The molecule has 17 aliphatic heterocycles. The van der Waals surface area contributed by atoms with Crippen LogP contribution in [0.15, 0.2) is 24.3 Å². The summed E-state index contributed by atoms with van der Waals surface area (Å²) in [7, 11) is 0. The summed E-state index contributed by atoms with van der Waals surface area (Å²) < 4.78 is 109. The Labute approximate surface area is 484 Å². The summed E-state index contributed by atoms with van der Waals surface area (Å²) in [5.74, 6) is -7.59. The van der Waals surface area contributed by atoms with Gasteiger partial charge in [0.25, 0.3) is 0 Å². The predicted octanol–water partition coefficient (Wildman–Crippen LogP) is 3.83. The highest BCUT2D eigenvalue weighted by Crippen LogP contribution is 2.76. The number of aliphatic hydroxyl groups is 4. The first kappa shape index (κ1) is 55.3. The molecule has 0 radical (unpaired) electrons. The Bertz CT molecular complexity index is 2610. The maximum atomic E-state index is 14.7. The van der Waals surface area contributed by atoms with Crippen LogP contribution in [-0.2, 0) is 80.6 Å². The second kappa shape index (κ2) is 19.4. The second-order valence-corrected chi connectivity index (χ2v) is 29.2. The third-order valence-electron chi connectivity index (χ3n) is 23.9. The number of aliphatic hydroxyl groups excluding tert-OH is 3. The van der Waals surface area contributed by atoms with E-state index in [4.69, 9.17) is 75.8 Å². The predicted molar refractivity (Wildman–Crippen MR) is 281 cm³/mol. The molecular weight excluding hydrogens is 1080 g/mol. The van der Waals surface area contributed by atoms with E-state index < -0.39 is 108 Å². The fraction of sp³-hybridized carbons (Fsp3) is 0.919. The molecule has 18 aliphatic rings. The van der Waals surface area contributed by atoms with Crippen LogP contribution in [0.3, 0.4) is 0 Å². The highest BCUT2D eigenvalue weighted by atomic mass is 16.9.